The number of hydrogen-bond donors (Lipinski definition) is 0. The predicted molar refractivity (Wildman–Crippen MR) is 174 cm³/mol. The van der Waals surface area contributed by atoms with Gasteiger partial charge in [-0.1, -0.05) is 86.6 Å². The molecule has 2 bridgehead atoms. The summed E-state index contributed by atoms with van der Waals surface area (Å²) in [5.41, 5.74) is 7.91. The highest BCUT2D eigenvalue weighted by Crippen LogP contribution is 2.61. The van der Waals surface area contributed by atoms with E-state index in [1.54, 1.807) is 29.2 Å². The van der Waals surface area contributed by atoms with E-state index in [0.717, 1.165) is 51.9 Å². The van der Waals surface area contributed by atoms with Gasteiger partial charge in [0.25, 0.3) is 0 Å². The first-order valence-electron chi connectivity index (χ1n) is 16.2. The average molecular weight is 611 g/mol. The van der Waals surface area contributed by atoms with Crippen LogP contribution in [0.15, 0.2) is 91.0 Å². The van der Waals surface area contributed by atoms with E-state index in [2.05, 4.69) is 38.1 Å². The van der Waals surface area contributed by atoms with Crippen molar-refractivity contribution in [2.75, 3.05) is 16.3 Å². The van der Waals surface area contributed by atoms with Gasteiger partial charge in [-0.15, -0.1) is 0 Å². The minimum atomic E-state index is -0.628. The minimum absolute atomic E-state index is 0.0656. The standard InChI is InChI=1S/C39H34N2O5/c1-3-22-11-9-12-23(4-2)36(22)40-21-24(19-31(40)42)39(45)46-26-14-10-13-25(20-26)41-37(43)34-32-27-15-5-6-16-28(27)33(35(34)38(41)44)30-18-8-7-17-29(30)32/h5-18,20,24,32-35H,3-4,19,21H2,1-2H3/t24-,32?,33?,34-,35+/m0/s1. The molecule has 7 heteroatoms. The fraction of sp³-hybridized carbons (Fsp3) is 0.282. The van der Waals surface area contributed by atoms with Crippen LogP contribution in [0, 0.1) is 17.8 Å². The third-order valence-electron chi connectivity index (χ3n) is 10.4. The molecule has 0 N–H and O–H groups in total. The largest absolute Gasteiger partial charge is 0.426 e. The number of anilines is 2. The molecule has 0 saturated carbocycles. The lowest BCUT2D eigenvalue weighted by molar-refractivity contribution is -0.139. The summed E-state index contributed by atoms with van der Waals surface area (Å²) in [6, 6.07) is 29.0. The monoisotopic (exact) mass is 610 g/mol. The van der Waals surface area contributed by atoms with Crippen LogP contribution < -0.4 is 14.5 Å². The minimum Gasteiger partial charge on any atom is -0.426 e. The van der Waals surface area contributed by atoms with Crippen LogP contribution in [-0.4, -0.2) is 30.2 Å². The zero-order valence-electron chi connectivity index (χ0n) is 25.8. The molecule has 46 heavy (non-hydrogen) atoms. The lowest BCUT2D eigenvalue weighted by Gasteiger charge is -2.45. The fourth-order valence-corrected chi connectivity index (χ4v) is 8.46. The van der Waals surface area contributed by atoms with Gasteiger partial charge in [-0.2, -0.15) is 0 Å². The van der Waals surface area contributed by atoms with Crippen molar-refractivity contribution in [3.8, 4) is 5.75 Å². The molecule has 3 atom stereocenters. The molecule has 0 radical (unpaired) electrons. The van der Waals surface area contributed by atoms with E-state index in [1.807, 2.05) is 42.5 Å². The Bertz CT molecular complexity index is 1810. The summed E-state index contributed by atoms with van der Waals surface area (Å²) >= 11 is 0. The Kier molecular flexibility index (Phi) is 6.67. The Labute approximate surface area is 267 Å². The van der Waals surface area contributed by atoms with E-state index in [-0.39, 0.29) is 48.3 Å². The fourth-order valence-electron chi connectivity index (χ4n) is 8.46. The highest BCUT2D eigenvalue weighted by atomic mass is 16.5. The highest BCUT2D eigenvalue weighted by Gasteiger charge is 2.61. The maximum Gasteiger partial charge on any atom is 0.316 e. The first-order chi connectivity index (χ1) is 22.4. The smallest absolute Gasteiger partial charge is 0.316 e. The van der Waals surface area contributed by atoms with Crippen LogP contribution in [0.4, 0.5) is 11.4 Å². The van der Waals surface area contributed by atoms with Crippen molar-refractivity contribution >= 4 is 35.1 Å². The van der Waals surface area contributed by atoms with Gasteiger partial charge >= 0.3 is 5.97 Å². The van der Waals surface area contributed by atoms with Crippen LogP contribution in [0.3, 0.4) is 0 Å². The van der Waals surface area contributed by atoms with Crippen molar-refractivity contribution < 1.29 is 23.9 Å². The Morgan fingerprint density at radius 1 is 0.717 bits per heavy atom. The quantitative estimate of drug-likeness (QED) is 0.148. The Morgan fingerprint density at radius 2 is 1.24 bits per heavy atom. The van der Waals surface area contributed by atoms with Crippen molar-refractivity contribution in [2.24, 2.45) is 17.8 Å². The maximum absolute atomic E-state index is 14.2. The number of ether oxygens (including phenoxy) is 1. The molecule has 230 valence electrons. The molecular weight excluding hydrogens is 576 g/mol. The lowest BCUT2D eigenvalue weighted by atomic mass is 9.55. The van der Waals surface area contributed by atoms with E-state index in [0.29, 0.717) is 5.69 Å². The predicted octanol–water partition coefficient (Wildman–Crippen LogP) is 6.17. The molecule has 4 aromatic rings. The van der Waals surface area contributed by atoms with Crippen LogP contribution in [0.2, 0.25) is 0 Å². The summed E-state index contributed by atoms with van der Waals surface area (Å²) in [6.07, 6.45) is 1.63. The van der Waals surface area contributed by atoms with Gasteiger partial charge in [-0.3, -0.25) is 19.2 Å². The summed E-state index contributed by atoms with van der Waals surface area (Å²) in [5.74, 6) is -2.83. The molecule has 5 aliphatic rings. The van der Waals surface area contributed by atoms with Crippen LogP contribution in [-0.2, 0) is 32.0 Å². The van der Waals surface area contributed by atoms with Crippen LogP contribution in [0.1, 0.15) is 65.5 Å². The molecule has 3 amide bonds. The Morgan fingerprint density at radius 3 is 1.76 bits per heavy atom. The topological polar surface area (TPSA) is 84.0 Å². The maximum atomic E-state index is 14.2. The molecule has 2 heterocycles. The number of esters is 1. The molecule has 9 rings (SSSR count). The number of carbonyl (C=O) groups excluding carboxylic acids is 4. The second-order valence-corrected chi connectivity index (χ2v) is 12.7. The van der Waals surface area contributed by atoms with Crippen molar-refractivity contribution in [3.05, 3.63) is 124 Å². The van der Waals surface area contributed by atoms with E-state index < -0.39 is 23.7 Å². The van der Waals surface area contributed by atoms with Gasteiger partial charge in [0.2, 0.25) is 17.7 Å². The van der Waals surface area contributed by atoms with Gasteiger partial charge in [0.15, 0.2) is 0 Å². The first-order valence-corrected chi connectivity index (χ1v) is 16.2. The average Bonchev–Trinajstić information content (AvgIpc) is 3.60. The molecule has 0 aromatic heterocycles. The van der Waals surface area contributed by atoms with Crippen molar-refractivity contribution in [1.82, 2.24) is 0 Å². The molecule has 2 fully saturated rings. The summed E-state index contributed by atoms with van der Waals surface area (Å²) in [7, 11) is 0. The first kappa shape index (κ1) is 28.4. The number of carbonyl (C=O) groups is 4. The van der Waals surface area contributed by atoms with Gasteiger partial charge in [-0.25, -0.2) is 4.90 Å². The van der Waals surface area contributed by atoms with E-state index >= 15 is 0 Å². The summed E-state index contributed by atoms with van der Waals surface area (Å²) in [5, 5.41) is 0. The number of amides is 3. The van der Waals surface area contributed by atoms with Gasteiger partial charge in [-0.05, 0) is 58.4 Å². The molecule has 0 unspecified atom stereocenters. The Balaban J connectivity index is 1.05. The molecule has 0 spiro atoms. The van der Waals surface area contributed by atoms with E-state index in [4.69, 9.17) is 4.74 Å². The summed E-state index contributed by atoms with van der Waals surface area (Å²) < 4.78 is 5.82. The SMILES string of the molecule is CCc1cccc(CC)c1N1C[C@@H](C(=O)Oc2cccc(N3C(=O)[C@@H]4C5c6ccccc6C(c6ccccc65)[C@@H]4C3=O)c2)CC1=O. The second-order valence-electron chi connectivity index (χ2n) is 12.7. The summed E-state index contributed by atoms with van der Waals surface area (Å²) in [6.45, 7) is 4.37. The lowest BCUT2D eigenvalue weighted by Crippen LogP contribution is -2.41. The zero-order chi connectivity index (χ0) is 31.7. The molecule has 4 aromatic carbocycles. The van der Waals surface area contributed by atoms with E-state index in [9.17, 15) is 19.2 Å². The molecule has 3 aliphatic carbocycles. The third-order valence-corrected chi connectivity index (χ3v) is 10.4. The number of benzene rings is 4. The van der Waals surface area contributed by atoms with Crippen molar-refractivity contribution in [2.45, 2.75) is 44.9 Å². The number of nitrogens with zero attached hydrogens (tertiary/aromatic N) is 2. The number of imide groups is 1. The number of aryl methyl sites for hydroxylation is 2. The summed E-state index contributed by atoms with van der Waals surface area (Å²) in [4.78, 5) is 57.9. The molecule has 2 saturated heterocycles. The van der Waals surface area contributed by atoms with Gasteiger partial charge in [0, 0.05) is 36.6 Å². The molecular formula is C39H34N2O5. The number of para-hydroxylation sites is 1. The van der Waals surface area contributed by atoms with Gasteiger partial charge in [0.1, 0.15) is 5.75 Å². The Hall–Kier alpha value is -5.04. The van der Waals surface area contributed by atoms with Crippen molar-refractivity contribution in [3.63, 3.8) is 0 Å². The molecule has 7 nitrogen and oxygen atoms in total. The second kappa shape index (κ2) is 10.8. The van der Waals surface area contributed by atoms with Crippen molar-refractivity contribution in [1.29, 1.82) is 0 Å². The number of hydrogen-bond acceptors (Lipinski definition) is 5. The molecule has 2 aliphatic heterocycles. The van der Waals surface area contributed by atoms with E-state index in [1.165, 1.54) is 4.90 Å². The van der Waals surface area contributed by atoms with Crippen LogP contribution in [0.5, 0.6) is 5.75 Å². The van der Waals surface area contributed by atoms with Crippen LogP contribution >= 0.6 is 0 Å². The normalized spacial score (nSPS) is 24.2. The third kappa shape index (κ3) is 4.10. The highest BCUT2D eigenvalue weighted by molar-refractivity contribution is 6.23. The van der Waals surface area contributed by atoms with Gasteiger partial charge < -0.3 is 9.64 Å². The zero-order valence-corrected chi connectivity index (χ0v) is 25.8. The van der Waals surface area contributed by atoms with Gasteiger partial charge in [0.05, 0.1) is 23.4 Å². The van der Waals surface area contributed by atoms with Crippen LogP contribution in [0.25, 0.3) is 0 Å². The number of rotatable bonds is 6.